The molecule has 2 aromatic carbocycles. The Balaban J connectivity index is 2.16. The molecule has 0 fully saturated rings. The van der Waals surface area contributed by atoms with E-state index in [1.54, 1.807) is 0 Å². The normalized spacial score (nSPS) is 10.9. The van der Waals surface area contributed by atoms with Crippen molar-refractivity contribution in [2.75, 3.05) is 24.2 Å². The van der Waals surface area contributed by atoms with E-state index >= 15 is 0 Å². The highest BCUT2D eigenvalue weighted by Crippen LogP contribution is 2.31. The number of rotatable bonds is 4. The van der Waals surface area contributed by atoms with E-state index in [9.17, 15) is 0 Å². The van der Waals surface area contributed by atoms with Gasteiger partial charge in [0.15, 0.2) is 0 Å². The van der Waals surface area contributed by atoms with Crippen LogP contribution in [-0.2, 0) is 0 Å². The first-order valence-electron chi connectivity index (χ1n) is 7.58. The molecule has 0 bridgehead atoms. The number of benzene rings is 2. The summed E-state index contributed by atoms with van der Waals surface area (Å²) >= 11 is 0. The summed E-state index contributed by atoms with van der Waals surface area (Å²) in [5.74, 6) is 0.867. The summed E-state index contributed by atoms with van der Waals surface area (Å²) in [4.78, 5) is 8.57. The van der Waals surface area contributed by atoms with Crippen molar-refractivity contribution in [1.29, 1.82) is 0 Å². The predicted molar refractivity (Wildman–Crippen MR) is 94.4 cm³/mol. The molecular weight excluding hydrogens is 288 g/mol. The lowest BCUT2D eigenvalue weighted by molar-refractivity contribution is 0.311. The van der Waals surface area contributed by atoms with E-state index in [1.807, 2.05) is 12.1 Å². The summed E-state index contributed by atoms with van der Waals surface area (Å²) in [7, 11) is 0. The first kappa shape index (κ1) is 15.2. The fourth-order valence-corrected chi connectivity index (χ4v) is 2.88. The van der Waals surface area contributed by atoms with Crippen molar-refractivity contribution >= 4 is 22.7 Å². The molecule has 5 nitrogen and oxygen atoms in total. The second-order valence-electron chi connectivity index (χ2n) is 5.58. The molecule has 3 rings (SSSR count). The molecule has 0 atom stereocenters. The maximum atomic E-state index is 8.99. The van der Waals surface area contributed by atoms with E-state index in [2.05, 4.69) is 53.4 Å². The van der Waals surface area contributed by atoms with Crippen molar-refractivity contribution in [3.05, 3.63) is 47.5 Å². The Bertz CT molecular complexity index is 841. The zero-order valence-electron chi connectivity index (χ0n) is 13.3. The van der Waals surface area contributed by atoms with Crippen LogP contribution in [-0.4, -0.2) is 28.2 Å². The van der Waals surface area contributed by atoms with E-state index in [1.165, 1.54) is 16.7 Å². The van der Waals surface area contributed by atoms with Gasteiger partial charge < -0.3 is 16.2 Å². The van der Waals surface area contributed by atoms with Crippen LogP contribution in [0.5, 0.6) is 0 Å². The van der Waals surface area contributed by atoms with E-state index < -0.39 is 0 Å². The molecule has 118 valence electrons. The summed E-state index contributed by atoms with van der Waals surface area (Å²) in [6.45, 7) is 4.67. The Hall–Kier alpha value is -2.66. The molecule has 0 saturated heterocycles. The maximum absolute atomic E-state index is 8.99. The van der Waals surface area contributed by atoms with E-state index in [0.29, 0.717) is 12.4 Å². The van der Waals surface area contributed by atoms with Gasteiger partial charge in [-0.05, 0) is 48.2 Å². The molecule has 0 spiro atoms. The Morgan fingerprint density at radius 1 is 1.09 bits per heavy atom. The summed E-state index contributed by atoms with van der Waals surface area (Å²) in [5.41, 5.74) is 11.4. The van der Waals surface area contributed by atoms with Crippen molar-refractivity contribution in [2.24, 2.45) is 0 Å². The summed E-state index contributed by atoms with van der Waals surface area (Å²) in [6, 6.07) is 12.4. The molecule has 3 aromatic rings. The second-order valence-corrected chi connectivity index (χ2v) is 5.58. The molecule has 0 amide bonds. The maximum Gasteiger partial charge on any atom is 0.222 e. The molecule has 1 aromatic heterocycles. The molecule has 4 N–H and O–H groups in total. The van der Waals surface area contributed by atoms with Crippen molar-refractivity contribution in [1.82, 2.24) is 9.97 Å². The van der Waals surface area contributed by atoms with Crippen LogP contribution >= 0.6 is 0 Å². The Morgan fingerprint density at radius 3 is 2.52 bits per heavy atom. The van der Waals surface area contributed by atoms with Crippen LogP contribution in [0.4, 0.5) is 11.8 Å². The minimum atomic E-state index is 0.0336. The standard InChI is InChI=1S/C18H20N4O/c1-11-4-3-5-12(2)16(11)13-6-7-14-15(10-13)21-18(19)22-17(14)20-8-9-23/h3-7,10,23H,8-9H2,1-2H3,(H3,19,20,21,22). The second kappa shape index (κ2) is 6.22. The number of nitrogens with zero attached hydrogens (tertiary/aromatic N) is 2. The van der Waals surface area contributed by atoms with Crippen LogP contribution in [0.3, 0.4) is 0 Å². The predicted octanol–water partition coefficient (Wildman–Crippen LogP) is 2.90. The number of nitrogens with two attached hydrogens (primary N) is 1. The largest absolute Gasteiger partial charge is 0.395 e. The molecule has 0 aliphatic heterocycles. The number of nitrogen functional groups attached to an aromatic ring is 1. The van der Waals surface area contributed by atoms with Crippen molar-refractivity contribution in [3.63, 3.8) is 0 Å². The van der Waals surface area contributed by atoms with Gasteiger partial charge in [-0.3, -0.25) is 0 Å². The van der Waals surface area contributed by atoms with Gasteiger partial charge in [0.05, 0.1) is 12.1 Å². The zero-order valence-corrected chi connectivity index (χ0v) is 13.3. The van der Waals surface area contributed by atoms with Gasteiger partial charge >= 0.3 is 0 Å². The van der Waals surface area contributed by atoms with Gasteiger partial charge in [0.2, 0.25) is 5.95 Å². The minimum absolute atomic E-state index is 0.0336. The molecule has 0 aliphatic carbocycles. The van der Waals surface area contributed by atoms with E-state index in [4.69, 9.17) is 10.8 Å². The Morgan fingerprint density at radius 2 is 1.83 bits per heavy atom. The summed E-state index contributed by atoms with van der Waals surface area (Å²) < 4.78 is 0. The van der Waals surface area contributed by atoms with Gasteiger partial charge in [-0.1, -0.05) is 24.3 Å². The first-order chi connectivity index (χ1) is 11.1. The number of aryl methyl sites for hydroxylation is 2. The van der Waals surface area contributed by atoms with Gasteiger partial charge in [0, 0.05) is 11.9 Å². The van der Waals surface area contributed by atoms with E-state index in [0.717, 1.165) is 16.5 Å². The van der Waals surface area contributed by atoms with Crippen LogP contribution in [0.2, 0.25) is 0 Å². The zero-order chi connectivity index (χ0) is 16.4. The van der Waals surface area contributed by atoms with Crippen molar-refractivity contribution in [3.8, 4) is 11.1 Å². The topological polar surface area (TPSA) is 84.1 Å². The monoisotopic (exact) mass is 308 g/mol. The molecule has 5 heteroatoms. The SMILES string of the molecule is Cc1cccc(C)c1-c1ccc2c(NCCO)nc(N)nc2c1. The third-order valence-electron chi connectivity index (χ3n) is 3.89. The number of aliphatic hydroxyl groups excluding tert-OH is 1. The first-order valence-corrected chi connectivity index (χ1v) is 7.58. The van der Waals surface area contributed by atoms with Crippen LogP contribution < -0.4 is 11.1 Å². The van der Waals surface area contributed by atoms with Gasteiger partial charge in [-0.15, -0.1) is 0 Å². The average Bonchev–Trinajstić information content (AvgIpc) is 2.52. The lowest BCUT2D eigenvalue weighted by Crippen LogP contribution is -2.09. The highest BCUT2D eigenvalue weighted by molar-refractivity contribution is 5.93. The molecule has 1 heterocycles. The Kier molecular flexibility index (Phi) is 4.12. The fraction of sp³-hybridized carbons (Fsp3) is 0.222. The molecule has 0 unspecified atom stereocenters. The van der Waals surface area contributed by atoms with Gasteiger partial charge in [0.25, 0.3) is 0 Å². The highest BCUT2D eigenvalue weighted by Gasteiger charge is 2.10. The number of nitrogens with one attached hydrogen (secondary N) is 1. The number of anilines is 2. The Labute approximate surface area is 135 Å². The van der Waals surface area contributed by atoms with Gasteiger partial charge in [-0.25, -0.2) is 4.98 Å². The third kappa shape index (κ3) is 2.96. The third-order valence-corrected chi connectivity index (χ3v) is 3.89. The smallest absolute Gasteiger partial charge is 0.222 e. The number of fused-ring (bicyclic) bond motifs is 1. The number of aliphatic hydroxyl groups is 1. The van der Waals surface area contributed by atoms with Crippen LogP contribution in [0.25, 0.3) is 22.0 Å². The number of aromatic nitrogens is 2. The molecular formula is C18H20N4O. The molecule has 0 aliphatic rings. The minimum Gasteiger partial charge on any atom is -0.395 e. The number of hydrogen-bond donors (Lipinski definition) is 3. The van der Waals surface area contributed by atoms with E-state index in [-0.39, 0.29) is 12.6 Å². The van der Waals surface area contributed by atoms with Gasteiger partial charge in [-0.2, -0.15) is 4.98 Å². The lowest BCUT2D eigenvalue weighted by Gasteiger charge is -2.12. The highest BCUT2D eigenvalue weighted by atomic mass is 16.3. The molecule has 0 saturated carbocycles. The lowest BCUT2D eigenvalue weighted by atomic mass is 9.95. The fourth-order valence-electron chi connectivity index (χ4n) is 2.88. The van der Waals surface area contributed by atoms with Crippen LogP contribution in [0, 0.1) is 13.8 Å². The number of hydrogen-bond acceptors (Lipinski definition) is 5. The van der Waals surface area contributed by atoms with Crippen LogP contribution in [0.15, 0.2) is 36.4 Å². The van der Waals surface area contributed by atoms with Crippen LogP contribution in [0.1, 0.15) is 11.1 Å². The molecule has 23 heavy (non-hydrogen) atoms. The summed E-state index contributed by atoms with van der Waals surface area (Å²) in [5, 5.41) is 13.0. The van der Waals surface area contributed by atoms with Gasteiger partial charge in [0.1, 0.15) is 5.82 Å². The molecule has 0 radical (unpaired) electrons. The summed E-state index contributed by atoms with van der Waals surface area (Å²) in [6.07, 6.45) is 0. The quantitative estimate of drug-likeness (QED) is 0.690. The average molecular weight is 308 g/mol. The van der Waals surface area contributed by atoms with Crippen molar-refractivity contribution < 1.29 is 5.11 Å². The van der Waals surface area contributed by atoms with Crippen molar-refractivity contribution in [2.45, 2.75) is 13.8 Å².